The molecule has 0 atom stereocenters. The third-order valence-electron chi connectivity index (χ3n) is 2.78. The molecular formula is C10H22N4O. The van der Waals surface area contributed by atoms with Crippen LogP contribution in [0, 0.1) is 0 Å². The smallest absolute Gasteiger partial charge is 0.231 e. The molecule has 0 saturated carbocycles. The van der Waals surface area contributed by atoms with Crippen LogP contribution in [-0.4, -0.2) is 49.6 Å². The zero-order chi connectivity index (χ0) is 11.1. The van der Waals surface area contributed by atoms with Gasteiger partial charge in [-0.05, 0) is 32.4 Å². The monoisotopic (exact) mass is 214 g/mol. The molecule has 0 bridgehead atoms. The average molecular weight is 214 g/mol. The first-order valence-electron chi connectivity index (χ1n) is 5.66. The minimum Gasteiger partial charge on any atom is -0.369 e. The van der Waals surface area contributed by atoms with Crippen LogP contribution in [0.3, 0.4) is 0 Å². The van der Waals surface area contributed by atoms with Crippen LogP contribution in [0.4, 0.5) is 0 Å². The fraction of sp³-hybridized carbons (Fsp3) is 0.900. The Morgan fingerprint density at radius 1 is 1.40 bits per heavy atom. The summed E-state index contributed by atoms with van der Waals surface area (Å²) in [6.45, 7) is 4.06. The number of carbonyl (C=O) groups excluding carboxylic acids is 1. The first kappa shape index (κ1) is 12.4. The average Bonchev–Trinajstić information content (AvgIpc) is 2.20. The molecule has 0 spiro atoms. The van der Waals surface area contributed by atoms with Crippen LogP contribution in [0.25, 0.3) is 0 Å². The molecule has 15 heavy (non-hydrogen) atoms. The Labute approximate surface area is 91.2 Å². The van der Waals surface area contributed by atoms with Crippen LogP contribution in [-0.2, 0) is 4.79 Å². The van der Waals surface area contributed by atoms with Crippen molar-refractivity contribution in [1.29, 1.82) is 0 Å². The molecule has 5 N–H and O–H groups in total. The number of hydrogen-bond donors (Lipinski definition) is 3. The van der Waals surface area contributed by atoms with Crippen LogP contribution in [0.15, 0.2) is 0 Å². The lowest BCUT2D eigenvalue weighted by Crippen LogP contribution is -2.45. The molecule has 0 radical (unpaired) electrons. The predicted molar refractivity (Wildman–Crippen MR) is 60.3 cm³/mol. The van der Waals surface area contributed by atoms with Crippen LogP contribution in [0.2, 0.25) is 0 Å². The largest absolute Gasteiger partial charge is 0.369 e. The fourth-order valence-electron chi connectivity index (χ4n) is 1.92. The number of nitrogens with one attached hydrogen (secondary N) is 1. The lowest BCUT2D eigenvalue weighted by molar-refractivity contribution is -0.119. The molecular weight excluding hydrogens is 192 g/mol. The molecule has 1 saturated heterocycles. The summed E-state index contributed by atoms with van der Waals surface area (Å²) in [5, 5.41) is 3.47. The number of amides is 1. The topological polar surface area (TPSA) is 84.4 Å². The lowest BCUT2D eigenvalue weighted by Gasteiger charge is -2.31. The van der Waals surface area contributed by atoms with Gasteiger partial charge in [0.15, 0.2) is 0 Å². The molecule has 88 valence electrons. The Hall–Kier alpha value is -0.650. The van der Waals surface area contributed by atoms with Crippen molar-refractivity contribution in [3.05, 3.63) is 0 Å². The second kappa shape index (κ2) is 6.76. The molecule has 0 aromatic carbocycles. The van der Waals surface area contributed by atoms with Gasteiger partial charge in [-0.1, -0.05) is 0 Å². The van der Waals surface area contributed by atoms with Crippen molar-refractivity contribution < 1.29 is 4.79 Å². The van der Waals surface area contributed by atoms with Crippen molar-refractivity contribution in [2.75, 3.05) is 32.7 Å². The number of nitrogens with zero attached hydrogens (tertiary/aromatic N) is 1. The Kier molecular flexibility index (Phi) is 5.60. The van der Waals surface area contributed by atoms with E-state index in [0.29, 0.717) is 12.6 Å². The summed E-state index contributed by atoms with van der Waals surface area (Å²) in [6, 6.07) is 0.584. The summed E-state index contributed by atoms with van der Waals surface area (Å²) >= 11 is 0. The van der Waals surface area contributed by atoms with Crippen molar-refractivity contribution in [2.45, 2.75) is 25.3 Å². The van der Waals surface area contributed by atoms with Gasteiger partial charge in [0.2, 0.25) is 5.91 Å². The van der Waals surface area contributed by atoms with E-state index in [9.17, 15) is 4.79 Å². The van der Waals surface area contributed by atoms with Gasteiger partial charge in [-0.3, -0.25) is 9.69 Å². The van der Waals surface area contributed by atoms with Crippen molar-refractivity contribution in [3.63, 3.8) is 0 Å². The van der Waals surface area contributed by atoms with Gasteiger partial charge in [-0.15, -0.1) is 0 Å². The molecule has 1 heterocycles. The number of rotatable bonds is 6. The molecule has 5 heteroatoms. The van der Waals surface area contributed by atoms with Gasteiger partial charge in [0.05, 0.1) is 6.54 Å². The van der Waals surface area contributed by atoms with Crippen LogP contribution in [0.5, 0.6) is 0 Å². The Bertz CT molecular complexity index is 190. The summed E-state index contributed by atoms with van der Waals surface area (Å²) in [7, 11) is 0. The van der Waals surface area contributed by atoms with Gasteiger partial charge in [0, 0.05) is 19.1 Å². The van der Waals surface area contributed by atoms with E-state index in [-0.39, 0.29) is 5.91 Å². The summed E-state index contributed by atoms with van der Waals surface area (Å²) in [5.74, 6) is -0.232. The minimum atomic E-state index is -0.232. The van der Waals surface area contributed by atoms with E-state index in [1.165, 1.54) is 0 Å². The Balaban J connectivity index is 2.10. The van der Waals surface area contributed by atoms with Crippen molar-refractivity contribution in [3.8, 4) is 0 Å². The van der Waals surface area contributed by atoms with E-state index in [1.807, 2.05) is 0 Å². The van der Waals surface area contributed by atoms with Gasteiger partial charge in [0.25, 0.3) is 0 Å². The highest BCUT2D eigenvalue weighted by molar-refractivity contribution is 5.75. The number of hydrogen-bond acceptors (Lipinski definition) is 4. The molecule has 1 aliphatic heterocycles. The molecule has 1 aliphatic rings. The van der Waals surface area contributed by atoms with Crippen molar-refractivity contribution in [1.82, 2.24) is 10.2 Å². The lowest BCUT2D eigenvalue weighted by atomic mass is 10.0. The van der Waals surface area contributed by atoms with E-state index >= 15 is 0 Å². The molecule has 1 rings (SSSR count). The van der Waals surface area contributed by atoms with E-state index in [4.69, 9.17) is 11.5 Å². The molecule has 0 aliphatic carbocycles. The molecule has 1 fully saturated rings. The highest BCUT2D eigenvalue weighted by Crippen LogP contribution is 2.09. The summed E-state index contributed by atoms with van der Waals surface area (Å²) in [5.41, 5.74) is 10.6. The van der Waals surface area contributed by atoms with Crippen LogP contribution >= 0.6 is 0 Å². The molecule has 0 aromatic rings. The number of likely N-dealkylation sites (tertiary alicyclic amines) is 1. The minimum absolute atomic E-state index is 0.232. The third-order valence-corrected chi connectivity index (χ3v) is 2.78. The van der Waals surface area contributed by atoms with Crippen molar-refractivity contribution >= 4 is 5.91 Å². The van der Waals surface area contributed by atoms with E-state index in [2.05, 4.69) is 10.2 Å². The van der Waals surface area contributed by atoms with E-state index in [0.717, 1.165) is 45.4 Å². The van der Waals surface area contributed by atoms with E-state index < -0.39 is 0 Å². The first-order chi connectivity index (χ1) is 7.22. The second-order valence-corrected chi connectivity index (χ2v) is 4.11. The maximum atomic E-state index is 10.7. The highest BCUT2D eigenvalue weighted by atomic mass is 16.1. The van der Waals surface area contributed by atoms with Crippen molar-refractivity contribution in [2.24, 2.45) is 11.5 Å². The van der Waals surface area contributed by atoms with Gasteiger partial charge in [-0.25, -0.2) is 0 Å². The SMILES string of the molecule is NCCCNC1CCN(CC(N)=O)CC1. The molecule has 0 unspecified atom stereocenters. The highest BCUT2D eigenvalue weighted by Gasteiger charge is 2.19. The summed E-state index contributed by atoms with van der Waals surface area (Å²) in [6.07, 6.45) is 3.22. The van der Waals surface area contributed by atoms with E-state index in [1.54, 1.807) is 0 Å². The number of primary amides is 1. The number of piperidine rings is 1. The third kappa shape index (κ3) is 5.11. The van der Waals surface area contributed by atoms with Crippen LogP contribution < -0.4 is 16.8 Å². The zero-order valence-electron chi connectivity index (χ0n) is 9.24. The van der Waals surface area contributed by atoms with Gasteiger partial charge in [0.1, 0.15) is 0 Å². The number of nitrogens with two attached hydrogens (primary N) is 2. The predicted octanol–water partition coefficient (Wildman–Crippen LogP) is -1.13. The standard InChI is InChI=1S/C10H22N4O/c11-4-1-5-13-9-2-6-14(7-3-9)8-10(12)15/h9,13H,1-8,11H2,(H2,12,15). The van der Waals surface area contributed by atoms with Gasteiger partial charge >= 0.3 is 0 Å². The molecule has 0 aromatic heterocycles. The zero-order valence-corrected chi connectivity index (χ0v) is 9.24. The first-order valence-corrected chi connectivity index (χ1v) is 5.66. The molecule has 5 nitrogen and oxygen atoms in total. The molecule has 1 amide bonds. The van der Waals surface area contributed by atoms with Crippen LogP contribution in [0.1, 0.15) is 19.3 Å². The fourth-order valence-corrected chi connectivity index (χ4v) is 1.92. The Morgan fingerprint density at radius 3 is 2.60 bits per heavy atom. The second-order valence-electron chi connectivity index (χ2n) is 4.11. The Morgan fingerprint density at radius 2 is 2.07 bits per heavy atom. The number of carbonyl (C=O) groups is 1. The maximum absolute atomic E-state index is 10.7. The quantitative estimate of drug-likeness (QED) is 0.489. The van der Waals surface area contributed by atoms with Gasteiger partial charge < -0.3 is 16.8 Å². The normalized spacial score (nSPS) is 19.3. The van der Waals surface area contributed by atoms with Gasteiger partial charge in [-0.2, -0.15) is 0 Å². The maximum Gasteiger partial charge on any atom is 0.231 e. The summed E-state index contributed by atoms with van der Waals surface area (Å²) in [4.78, 5) is 12.8. The summed E-state index contributed by atoms with van der Waals surface area (Å²) < 4.78 is 0.